The van der Waals surface area contributed by atoms with Crippen molar-refractivity contribution in [3.8, 4) is 0 Å². The molecule has 0 aliphatic rings. The molecule has 0 aromatic heterocycles. The molecule has 0 bridgehead atoms. The molecule has 1 aromatic carbocycles. The molecule has 0 fully saturated rings. The number of hydrogen-bond acceptors (Lipinski definition) is 1. The third-order valence-electron chi connectivity index (χ3n) is 1.50. The van der Waals surface area contributed by atoms with Crippen molar-refractivity contribution < 1.29 is 18.0 Å². The van der Waals surface area contributed by atoms with Crippen LogP contribution >= 0.6 is 0 Å². The van der Waals surface area contributed by atoms with Crippen LogP contribution in [0.5, 0.6) is 0 Å². The summed E-state index contributed by atoms with van der Waals surface area (Å²) < 4.78 is 38.1. The van der Waals surface area contributed by atoms with Gasteiger partial charge in [0.25, 0.3) is 5.91 Å². The molecule has 0 unspecified atom stereocenters. The number of nitrogens with zero attached hydrogens (tertiary/aromatic N) is 1. The smallest absolute Gasteiger partial charge is 0.283 e. The number of benzene rings is 1. The van der Waals surface area contributed by atoms with Crippen molar-refractivity contribution in [1.29, 1.82) is 0 Å². The summed E-state index contributed by atoms with van der Waals surface area (Å²) in [7, 11) is 0. The normalized spacial score (nSPS) is 9.80. The molecular formula is C8H6F3N3O. The second-order valence-electron chi connectivity index (χ2n) is 2.56. The fourth-order valence-electron chi connectivity index (χ4n) is 0.869. The lowest BCUT2D eigenvalue weighted by Crippen LogP contribution is -2.24. The van der Waals surface area contributed by atoms with E-state index < -0.39 is 34.9 Å². The fraction of sp³-hybridized carbons (Fsp3) is 0. The summed E-state index contributed by atoms with van der Waals surface area (Å²) in [4.78, 5) is 14.0. The Labute approximate surface area is 82.4 Å². The summed E-state index contributed by atoms with van der Waals surface area (Å²) in [5.41, 5.74) is 9.00. The van der Waals surface area contributed by atoms with Gasteiger partial charge in [0, 0.05) is 0 Å². The third-order valence-corrected chi connectivity index (χ3v) is 1.50. The molecule has 0 saturated heterocycles. The van der Waals surface area contributed by atoms with Crippen molar-refractivity contribution in [1.82, 2.24) is 0 Å². The summed E-state index contributed by atoms with van der Waals surface area (Å²) >= 11 is 0. The first kappa shape index (κ1) is 11.0. The van der Waals surface area contributed by atoms with Crippen molar-refractivity contribution in [3.05, 3.63) is 35.1 Å². The van der Waals surface area contributed by atoms with Crippen molar-refractivity contribution in [2.75, 3.05) is 0 Å². The molecule has 0 aliphatic carbocycles. The van der Waals surface area contributed by atoms with Crippen molar-refractivity contribution >= 4 is 11.9 Å². The van der Waals surface area contributed by atoms with Crippen LogP contribution in [0.4, 0.5) is 13.2 Å². The Morgan fingerprint density at radius 3 is 2.27 bits per heavy atom. The highest BCUT2D eigenvalue weighted by atomic mass is 19.2. The van der Waals surface area contributed by atoms with Gasteiger partial charge in [0.15, 0.2) is 23.4 Å². The molecule has 1 rings (SSSR count). The van der Waals surface area contributed by atoms with Crippen molar-refractivity contribution in [2.45, 2.75) is 0 Å². The van der Waals surface area contributed by atoms with E-state index in [1.165, 1.54) is 0 Å². The molecule has 4 nitrogen and oxygen atoms in total. The maximum atomic E-state index is 13.0. The lowest BCUT2D eigenvalue weighted by Gasteiger charge is -2.00. The average Bonchev–Trinajstić information content (AvgIpc) is 2.13. The minimum absolute atomic E-state index is 0.593. The van der Waals surface area contributed by atoms with Gasteiger partial charge in [-0.2, -0.15) is 4.99 Å². The van der Waals surface area contributed by atoms with Crippen LogP contribution in [-0.4, -0.2) is 11.9 Å². The molecule has 1 aromatic rings. The molecule has 1 amide bonds. The maximum Gasteiger partial charge on any atom is 0.283 e. The van der Waals surface area contributed by atoms with E-state index in [1.54, 1.807) is 0 Å². The second kappa shape index (κ2) is 3.99. The largest absolute Gasteiger partial charge is 0.370 e. The lowest BCUT2D eigenvalue weighted by molar-refractivity contribution is 0.0997. The van der Waals surface area contributed by atoms with Gasteiger partial charge in [-0.1, -0.05) is 0 Å². The minimum atomic E-state index is -1.74. The van der Waals surface area contributed by atoms with Crippen LogP contribution in [0, 0.1) is 17.5 Å². The van der Waals surface area contributed by atoms with E-state index in [0.717, 1.165) is 6.07 Å². The van der Waals surface area contributed by atoms with Crippen LogP contribution in [0.3, 0.4) is 0 Å². The number of rotatable bonds is 1. The van der Waals surface area contributed by atoms with Crippen LogP contribution < -0.4 is 11.5 Å². The summed E-state index contributed by atoms with van der Waals surface area (Å²) in [6.45, 7) is 0. The van der Waals surface area contributed by atoms with E-state index in [1.807, 2.05) is 0 Å². The van der Waals surface area contributed by atoms with Gasteiger partial charge >= 0.3 is 0 Å². The Kier molecular flexibility index (Phi) is 2.93. The van der Waals surface area contributed by atoms with E-state index in [9.17, 15) is 18.0 Å². The number of amides is 1. The highest BCUT2D eigenvalue weighted by Gasteiger charge is 2.18. The highest BCUT2D eigenvalue weighted by Crippen LogP contribution is 2.15. The zero-order valence-electron chi connectivity index (χ0n) is 7.30. The molecule has 0 spiro atoms. The first-order valence-electron chi connectivity index (χ1n) is 3.71. The number of hydrogen-bond donors (Lipinski definition) is 2. The molecule has 80 valence electrons. The Balaban J connectivity index is 3.23. The lowest BCUT2D eigenvalue weighted by atomic mass is 10.2. The van der Waals surface area contributed by atoms with Gasteiger partial charge in [0.05, 0.1) is 5.56 Å². The molecule has 0 aliphatic heterocycles. The number of halogens is 3. The third kappa shape index (κ3) is 2.25. The summed E-state index contributed by atoms with van der Waals surface area (Å²) in [5, 5.41) is 0. The van der Waals surface area contributed by atoms with Crippen LogP contribution in [0.1, 0.15) is 10.4 Å². The SMILES string of the molecule is NC(N)=NC(=O)c1ccc(F)c(F)c1F. The zero-order chi connectivity index (χ0) is 11.6. The highest BCUT2D eigenvalue weighted by molar-refractivity contribution is 6.02. The van der Waals surface area contributed by atoms with Gasteiger partial charge in [0.1, 0.15) is 0 Å². The summed E-state index contributed by atoms with van der Waals surface area (Å²) in [6, 6.07) is 1.36. The number of guanidine groups is 1. The average molecular weight is 217 g/mol. The molecule has 0 atom stereocenters. The Morgan fingerprint density at radius 1 is 1.13 bits per heavy atom. The van der Waals surface area contributed by atoms with E-state index in [0.29, 0.717) is 6.07 Å². The van der Waals surface area contributed by atoms with Gasteiger partial charge < -0.3 is 11.5 Å². The molecule has 15 heavy (non-hydrogen) atoms. The van der Waals surface area contributed by atoms with Crippen LogP contribution in [-0.2, 0) is 0 Å². The standard InChI is InChI=1S/C8H6F3N3O/c9-4-2-1-3(5(10)6(4)11)7(15)14-8(12)13/h1-2H,(H4,12,13,14,15). The predicted octanol–water partition coefficient (Wildman–Crippen LogP) is 0.518. The van der Waals surface area contributed by atoms with E-state index in [2.05, 4.69) is 4.99 Å². The number of nitrogens with two attached hydrogens (primary N) is 2. The molecule has 4 N–H and O–H groups in total. The zero-order valence-corrected chi connectivity index (χ0v) is 7.30. The number of carbonyl (C=O) groups excluding carboxylic acids is 1. The molecule has 0 saturated carbocycles. The molecular weight excluding hydrogens is 211 g/mol. The second-order valence-corrected chi connectivity index (χ2v) is 2.56. The van der Waals surface area contributed by atoms with Gasteiger partial charge in [-0.15, -0.1) is 0 Å². The minimum Gasteiger partial charge on any atom is -0.370 e. The Bertz CT molecular complexity index is 441. The topological polar surface area (TPSA) is 81.5 Å². The van der Waals surface area contributed by atoms with E-state index >= 15 is 0 Å². The molecule has 0 heterocycles. The summed E-state index contributed by atoms with van der Waals surface area (Å²) in [5.74, 6) is -6.53. The molecule has 7 heteroatoms. The van der Waals surface area contributed by atoms with Crippen molar-refractivity contribution in [3.63, 3.8) is 0 Å². The molecule has 0 radical (unpaired) electrons. The van der Waals surface area contributed by atoms with Gasteiger partial charge in [-0.05, 0) is 12.1 Å². The Morgan fingerprint density at radius 2 is 1.73 bits per heavy atom. The first-order valence-corrected chi connectivity index (χ1v) is 3.71. The predicted molar refractivity (Wildman–Crippen MR) is 46.5 cm³/mol. The number of aliphatic imine (C=N–C) groups is 1. The van der Waals surface area contributed by atoms with Gasteiger partial charge in [0.2, 0.25) is 0 Å². The number of carbonyl (C=O) groups is 1. The van der Waals surface area contributed by atoms with Crippen molar-refractivity contribution in [2.24, 2.45) is 16.5 Å². The van der Waals surface area contributed by atoms with Crippen LogP contribution in [0.15, 0.2) is 17.1 Å². The fourth-order valence-corrected chi connectivity index (χ4v) is 0.869. The van der Waals surface area contributed by atoms with Crippen LogP contribution in [0.25, 0.3) is 0 Å². The van der Waals surface area contributed by atoms with Gasteiger partial charge in [-0.25, -0.2) is 13.2 Å². The van der Waals surface area contributed by atoms with E-state index in [-0.39, 0.29) is 0 Å². The van der Waals surface area contributed by atoms with E-state index in [4.69, 9.17) is 11.5 Å². The monoisotopic (exact) mass is 217 g/mol. The summed E-state index contributed by atoms with van der Waals surface area (Å²) in [6.07, 6.45) is 0. The maximum absolute atomic E-state index is 13.0. The van der Waals surface area contributed by atoms with Gasteiger partial charge in [-0.3, -0.25) is 4.79 Å². The Hall–Kier alpha value is -2.05. The van der Waals surface area contributed by atoms with Crippen LogP contribution in [0.2, 0.25) is 0 Å². The first-order chi connectivity index (χ1) is 6.93. The quantitative estimate of drug-likeness (QED) is 0.408.